The molecule has 0 radical (unpaired) electrons. The zero-order valence-corrected chi connectivity index (χ0v) is 15.6. The number of hydrogen-bond acceptors (Lipinski definition) is 7. The summed E-state index contributed by atoms with van der Waals surface area (Å²) in [5.41, 5.74) is 6.39. The highest BCUT2D eigenvalue weighted by atomic mass is 32.2. The highest BCUT2D eigenvalue weighted by Gasteiger charge is 2.19. The van der Waals surface area contributed by atoms with Gasteiger partial charge in [-0.15, -0.1) is 0 Å². The first kappa shape index (κ1) is 20.2. The molecule has 26 heavy (non-hydrogen) atoms. The van der Waals surface area contributed by atoms with Crippen molar-refractivity contribution in [3.8, 4) is 0 Å². The average molecular weight is 414 g/mol. The highest BCUT2D eigenvalue weighted by molar-refractivity contribution is 7.86. The van der Waals surface area contributed by atoms with Crippen LogP contribution in [-0.2, 0) is 33.1 Å². The highest BCUT2D eigenvalue weighted by Crippen LogP contribution is 2.26. The van der Waals surface area contributed by atoms with Crippen LogP contribution in [0.15, 0.2) is 51.2 Å². The summed E-state index contributed by atoms with van der Waals surface area (Å²) in [6.07, 6.45) is 0.150. The maximum absolute atomic E-state index is 11.6. The Morgan fingerprint density at radius 1 is 0.923 bits per heavy atom. The molecule has 0 amide bonds. The van der Waals surface area contributed by atoms with E-state index in [4.69, 9.17) is 5.73 Å². The van der Waals surface area contributed by atoms with Crippen LogP contribution in [0, 0.1) is 0 Å². The first-order chi connectivity index (χ1) is 12.0. The molecule has 0 fully saturated rings. The molecular formula is C15H14N2O6S3. The van der Waals surface area contributed by atoms with Gasteiger partial charge >= 0.3 is 0 Å². The van der Waals surface area contributed by atoms with Crippen molar-refractivity contribution in [1.82, 2.24) is 0 Å². The Morgan fingerprint density at radius 2 is 1.42 bits per heavy atom. The first-order valence-corrected chi connectivity index (χ1v) is 10.4. The number of aliphatic imine (C=N–C) groups is 1. The largest absolute Gasteiger partial charge is 0.399 e. The van der Waals surface area contributed by atoms with Crippen molar-refractivity contribution in [3.63, 3.8) is 0 Å². The van der Waals surface area contributed by atoms with E-state index in [1.807, 2.05) is 0 Å². The predicted molar refractivity (Wildman–Crippen MR) is 99.0 cm³/mol. The minimum atomic E-state index is -4.53. The van der Waals surface area contributed by atoms with Gasteiger partial charge < -0.3 is 5.73 Å². The third-order valence-corrected chi connectivity index (χ3v) is 5.50. The van der Waals surface area contributed by atoms with E-state index < -0.39 is 20.2 Å². The Hall–Kier alpha value is -2.14. The van der Waals surface area contributed by atoms with E-state index in [-0.39, 0.29) is 45.1 Å². The quantitative estimate of drug-likeness (QED) is 0.282. The third kappa shape index (κ3) is 4.94. The van der Waals surface area contributed by atoms with E-state index in [1.165, 1.54) is 24.3 Å². The van der Waals surface area contributed by atoms with E-state index in [0.29, 0.717) is 0 Å². The molecular weight excluding hydrogens is 400 g/mol. The second kappa shape index (κ2) is 7.62. The lowest BCUT2D eigenvalue weighted by Crippen LogP contribution is -2.08. The number of nitrogens with zero attached hydrogens (tertiary/aromatic N) is 1. The first-order valence-electron chi connectivity index (χ1n) is 7.06. The molecule has 2 rings (SSSR count). The van der Waals surface area contributed by atoms with Crippen molar-refractivity contribution in [2.75, 3.05) is 5.73 Å². The number of rotatable bonds is 6. The van der Waals surface area contributed by atoms with Crippen molar-refractivity contribution < 1.29 is 25.9 Å². The molecule has 2 aromatic rings. The van der Waals surface area contributed by atoms with Crippen LogP contribution >= 0.6 is 12.2 Å². The average Bonchev–Trinajstić information content (AvgIpc) is 2.53. The molecule has 0 saturated heterocycles. The number of thiocarbonyl (C=S) groups is 1. The second-order valence-corrected chi connectivity index (χ2v) is 8.27. The van der Waals surface area contributed by atoms with Gasteiger partial charge in [0.25, 0.3) is 20.2 Å². The molecule has 0 saturated carbocycles. The maximum atomic E-state index is 11.6. The smallest absolute Gasteiger partial charge is 0.294 e. The fraction of sp³-hybridized carbons (Fsp3) is 0.133. The van der Waals surface area contributed by atoms with Crippen molar-refractivity contribution in [2.45, 2.75) is 22.6 Å². The molecule has 0 aliphatic rings. The van der Waals surface area contributed by atoms with Crippen molar-refractivity contribution >= 4 is 49.0 Å². The molecule has 0 heterocycles. The Balaban J connectivity index is 2.44. The fourth-order valence-corrected chi connectivity index (χ4v) is 4.06. The van der Waals surface area contributed by atoms with Crippen LogP contribution in [0.2, 0.25) is 0 Å². The minimum absolute atomic E-state index is 0.0726. The molecule has 0 atom stereocenters. The fourth-order valence-electron chi connectivity index (χ4n) is 2.40. The van der Waals surface area contributed by atoms with Crippen molar-refractivity contribution in [3.05, 3.63) is 47.5 Å². The number of hydrogen-bond donors (Lipinski definition) is 3. The Kier molecular flexibility index (Phi) is 5.91. The van der Waals surface area contributed by atoms with E-state index in [1.54, 1.807) is 0 Å². The second-order valence-electron chi connectivity index (χ2n) is 5.31. The summed E-state index contributed by atoms with van der Waals surface area (Å²) in [5.74, 6) is 0. The van der Waals surface area contributed by atoms with Gasteiger partial charge in [0.2, 0.25) is 0 Å². The molecule has 0 spiro atoms. The third-order valence-electron chi connectivity index (χ3n) is 3.54. The molecule has 0 bridgehead atoms. The maximum Gasteiger partial charge on any atom is 0.294 e. The van der Waals surface area contributed by atoms with Gasteiger partial charge in [-0.1, -0.05) is 12.1 Å². The Labute approximate surface area is 155 Å². The number of nitrogen functional groups attached to an aromatic ring is 1. The molecule has 138 valence electrons. The van der Waals surface area contributed by atoms with Gasteiger partial charge in [-0.2, -0.15) is 21.8 Å². The van der Waals surface area contributed by atoms with E-state index in [9.17, 15) is 25.9 Å². The van der Waals surface area contributed by atoms with Gasteiger partial charge in [0, 0.05) is 5.69 Å². The monoisotopic (exact) mass is 414 g/mol. The lowest BCUT2D eigenvalue weighted by Gasteiger charge is -2.11. The lowest BCUT2D eigenvalue weighted by molar-refractivity contribution is 0.479. The Bertz CT molecular complexity index is 1100. The van der Waals surface area contributed by atoms with Gasteiger partial charge in [-0.3, -0.25) is 9.11 Å². The lowest BCUT2D eigenvalue weighted by atomic mass is 10.0. The van der Waals surface area contributed by atoms with Crippen molar-refractivity contribution in [1.29, 1.82) is 0 Å². The van der Waals surface area contributed by atoms with Gasteiger partial charge in [0.1, 0.15) is 0 Å². The van der Waals surface area contributed by atoms with Gasteiger partial charge in [-0.25, -0.2) is 0 Å². The molecule has 0 aliphatic carbocycles. The number of nitrogens with two attached hydrogens (primary N) is 1. The van der Waals surface area contributed by atoms with Crippen LogP contribution in [0.25, 0.3) is 0 Å². The number of isothiocyanates is 1. The number of aryl methyl sites for hydroxylation is 2. The summed E-state index contributed by atoms with van der Waals surface area (Å²) in [6, 6.07) is 8.05. The van der Waals surface area contributed by atoms with Gasteiger partial charge in [0.05, 0.1) is 20.6 Å². The van der Waals surface area contributed by atoms with Crippen LogP contribution in [0.1, 0.15) is 11.1 Å². The number of anilines is 1. The summed E-state index contributed by atoms with van der Waals surface area (Å²) in [4.78, 5) is 2.94. The van der Waals surface area contributed by atoms with Gasteiger partial charge in [0.15, 0.2) is 0 Å². The zero-order chi connectivity index (χ0) is 19.5. The van der Waals surface area contributed by atoms with Crippen LogP contribution in [0.3, 0.4) is 0 Å². The molecule has 11 heteroatoms. The van der Waals surface area contributed by atoms with Crippen LogP contribution < -0.4 is 5.73 Å². The van der Waals surface area contributed by atoms with Crippen LogP contribution in [0.4, 0.5) is 11.4 Å². The Morgan fingerprint density at radius 3 is 1.92 bits per heavy atom. The summed E-state index contributed by atoms with van der Waals surface area (Å²) < 4.78 is 64.9. The van der Waals surface area contributed by atoms with E-state index in [2.05, 4.69) is 22.4 Å². The summed E-state index contributed by atoms with van der Waals surface area (Å²) in [6.45, 7) is 0. The zero-order valence-electron chi connectivity index (χ0n) is 13.2. The molecule has 4 N–H and O–H groups in total. The number of benzene rings is 2. The van der Waals surface area contributed by atoms with Crippen LogP contribution in [0.5, 0.6) is 0 Å². The molecule has 0 unspecified atom stereocenters. The van der Waals surface area contributed by atoms with Crippen LogP contribution in [-0.4, -0.2) is 31.1 Å². The molecule has 0 aliphatic heterocycles. The van der Waals surface area contributed by atoms with E-state index >= 15 is 0 Å². The predicted octanol–water partition coefficient (Wildman–Crippen LogP) is 2.28. The van der Waals surface area contributed by atoms with Crippen molar-refractivity contribution in [2.24, 2.45) is 4.99 Å². The van der Waals surface area contributed by atoms with Gasteiger partial charge in [-0.05, 0) is 60.5 Å². The summed E-state index contributed by atoms with van der Waals surface area (Å²) in [5, 5.41) is 2.09. The molecule has 2 aromatic carbocycles. The topological polar surface area (TPSA) is 147 Å². The minimum Gasteiger partial charge on any atom is -0.399 e. The summed E-state index contributed by atoms with van der Waals surface area (Å²) in [7, 11) is -9.03. The normalized spacial score (nSPS) is 11.8. The summed E-state index contributed by atoms with van der Waals surface area (Å²) >= 11 is 4.46. The van der Waals surface area contributed by atoms with E-state index in [0.717, 1.165) is 12.1 Å². The standard InChI is InChI=1S/C15H14N2O6S3/c16-12-5-3-10(14(7-12)25(18,19)20)1-2-11-4-6-13(17-9-24)8-15(11)26(21,22)23/h3-8H,1-2,16H2,(H,18,19,20)(H,21,22,23). The SMILES string of the molecule is Nc1ccc(CCc2ccc(N=C=S)cc2S(=O)(=O)O)c(S(=O)(=O)O)c1. The molecule has 8 nitrogen and oxygen atoms in total. The molecule has 0 aromatic heterocycles.